The van der Waals surface area contributed by atoms with Crippen LogP contribution in [0.4, 0.5) is 5.69 Å². The minimum atomic E-state index is -3.17. The Morgan fingerprint density at radius 3 is 2.12 bits per heavy atom. The molecule has 4 nitrogen and oxygen atoms in total. The Morgan fingerprint density at radius 2 is 1.50 bits per heavy atom. The third kappa shape index (κ3) is 4.86. The van der Waals surface area contributed by atoms with Gasteiger partial charge in [0.1, 0.15) is 0 Å². The predicted molar refractivity (Wildman–Crippen MR) is 108 cm³/mol. The molecule has 1 aliphatic rings. The topological polar surface area (TPSA) is 40.6 Å². The van der Waals surface area contributed by atoms with Gasteiger partial charge in [-0.1, -0.05) is 36.4 Å². The molecule has 0 amide bonds. The van der Waals surface area contributed by atoms with Crippen LogP contribution in [0.2, 0.25) is 0 Å². The van der Waals surface area contributed by atoms with Gasteiger partial charge < -0.3 is 4.90 Å². The van der Waals surface area contributed by atoms with Crippen molar-refractivity contribution in [3.8, 4) is 0 Å². The molecule has 2 aromatic carbocycles. The maximum atomic E-state index is 12.6. The SMILES string of the molecule is Cc1cc(C)cc(N2CCN(S(=O)(=O)CCCc3ccccc3)CC2)c1. The van der Waals surface area contributed by atoms with Crippen molar-refractivity contribution in [2.75, 3.05) is 36.8 Å². The molecule has 0 saturated carbocycles. The Kier molecular flexibility index (Phi) is 5.99. The van der Waals surface area contributed by atoms with Gasteiger partial charge in [0.2, 0.25) is 10.0 Å². The van der Waals surface area contributed by atoms with Gasteiger partial charge in [-0.15, -0.1) is 0 Å². The number of rotatable bonds is 6. The van der Waals surface area contributed by atoms with Gasteiger partial charge in [-0.3, -0.25) is 0 Å². The number of benzene rings is 2. The molecule has 5 heteroatoms. The fourth-order valence-electron chi connectivity index (χ4n) is 3.59. The molecule has 0 N–H and O–H groups in total. The zero-order chi connectivity index (χ0) is 18.6. The zero-order valence-electron chi connectivity index (χ0n) is 15.7. The number of hydrogen-bond donors (Lipinski definition) is 0. The molecule has 1 saturated heterocycles. The second-order valence-electron chi connectivity index (χ2n) is 7.14. The van der Waals surface area contributed by atoms with E-state index in [4.69, 9.17) is 0 Å². The van der Waals surface area contributed by atoms with Crippen LogP contribution >= 0.6 is 0 Å². The van der Waals surface area contributed by atoms with Crippen LogP contribution in [0.5, 0.6) is 0 Å². The quantitative estimate of drug-likeness (QED) is 0.780. The van der Waals surface area contributed by atoms with Gasteiger partial charge in [0.25, 0.3) is 0 Å². The van der Waals surface area contributed by atoms with Crippen molar-refractivity contribution in [3.05, 3.63) is 65.2 Å². The standard InChI is InChI=1S/C21H28N2O2S/c1-18-15-19(2)17-21(16-18)22-10-12-23(13-11-22)26(24,25)14-6-9-20-7-4-3-5-8-20/h3-5,7-8,15-17H,6,9-14H2,1-2H3. The van der Waals surface area contributed by atoms with Crippen molar-refractivity contribution in [1.82, 2.24) is 4.31 Å². The second kappa shape index (κ2) is 8.23. The molecular formula is C21H28N2O2S. The van der Waals surface area contributed by atoms with E-state index in [1.54, 1.807) is 4.31 Å². The molecule has 0 unspecified atom stereocenters. The molecule has 0 bridgehead atoms. The summed E-state index contributed by atoms with van der Waals surface area (Å²) in [5.41, 5.74) is 4.89. The van der Waals surface area contributed by atoms with Gasteiger partial charge in [-0.2, -0.15) is 4.31 Å². The summed E-state index contributed by atoms with van der Waals surface area (Å²) in [6.07, 6.45) is 1.48. The van der Waals surface area contributed by atoms with E-state index in [0.717, 1.165) is 19.5 Å². The molecule has 0 radical (unpaired) electrons. The number of hydrogen-bond acceptors (Lipinski definition) is 3. The fraction of sp³-hybridized carbons (Fsp3) is 0.429. The Labute approximate surface area is 157 Å². The first-order valence-corrected chi connectivity index (χ1v) is 10.9. The highest BCUT2D eigenvalue weighted by molar-refractivity contribution is 7.89. The highest BCUT2D eigenvalue weighted by Crippen LogP contribution is 2.21. The van der Waals surface area contributed by atoms with Gasteiger partial charge in [0.05, 0.1) is 5.75 Å². The van der Waals surface area contributed by atoms with E-state index < -0.39 is 10.0 Å². The molecule has 0 aliphatic carbocycles. The molecule has 3 rings (SSSR count). The van der Waals surface area contributed by atoms with Gasteiger partial charge in [-0.05, 0) is 55.5 Å². The molecule has 0 spiro atoms. The summed E-state index contributed by atoms with van der Waals surface area (Å²) in [7, 11) is -3.17. The fourth-order valence-corrected chi connectivity index (χ4v) is 5.08. The predicted octanol–water partition coefficient (Wildman–Crippen LogP) is 3.39. The number of anilines is 1. The number of aryl methyl sites for hydroxylation is 3. The van der Waals surface area contributed by atoms with E-state index in [0.29, 0.717) is 19.5 Å². The van der Waals surface area contributed by atoms with E-state index in [1.807, 2.05) is 18.2 Å². The summed E-state index contributed by atoms with van der Waals surface area (Å²) in [5, 5.41) is 0. The lowest BCUT2D eigenvalue weighted by molar-refractivity contribution is 0.384. The Hall–Kier alpha value is -1.85. The largest absolute Gasteiger partial charge is 0.369 e. The number of piperazine rings is 1. The van der Waals surface area contributed by atoms with Crippen LogP contribution in [0.15, 0.2) is 48.5 Å². The van der Waals surface area contributed by atoms with Crippen LogP contribution in [0.25, 0.3) is 0 Å². The van der Waals surface area contributed by atoms with Crippen LogP contribution in [0.1, 0.15) is 23.1 Å². The van der Waals surface area contributed by atoms with Crippen molar-refractivity contribution < 1.29 is 8.42 Å². The molecule has 0 atom stereocenters. The van der Waals surface area contributed by atoms with Crippen molar-refractivity contribution >= 4 is 15.7 Å². The first kappa shape index (κ1) is 18.9. The van der Waals surface area contributed by atoms with Gasteiger partial charge in [0.15, 0.2) is 0 Å². The molecule has 1 fully saturated rings. The third-order valence-corrected chi connectivity index (χ3v) is 6.87. The summed E-state index contributed by atoms with van der Waals surface area (Å²) in [4.78, 5) is 2.29. The van der Waals surface area contributed by atoms with Crippen molar-refractivity contribution in [2.24, 2.45) is 0 Å². The summed E-state index contributed by atoms with van der Waals surface area (Å²) in [6, 6.07) is 16.6. The normalized spacial score (nSPS) is 16.0. The van der Waals surface area contributed by atoms with Gasteiger partial charge >= 0.3 is 0 Å². The Balaban J connectivity index is 1.53. The smallest absolute Gasteiger partial charge is 0.214 e. The summed E-state index contributed by atoms with van der Waals surface area (Å²) in [6.45, 7) is 6.84. The van der Waals surface area contributed by atoms with Crippen LogP contribution in [-0.2, 0) is 16.4 Å². The van der Waals surface area contributed by atoms with Crippen LogP contribution in [-0.4, -0.2) is 44.7 Å². The third-order valence-electron chi connectivity index (χ3n) is 4.91. The van der Waals surface area contributed by atoms with Crippen molar-refractivity contribution in [1.29, 1.82) is 0 Å². The number of nitrogens with zero attached hydrogens (tertiary/aromatic N) is 2. The first-order chi connectivity index (χ1) is 12.4. The average molecular weight is 373 g/mol. The Morgan fingerprint density at radius 1 is 0.885 bits per heavy atom. The highest BCUT2D eigenvalue weighted by atomic mass is 32.2. The van der Waals surface area contributed by atoms with Crippen LogP contribution in [0.3, 0.4) is 0 Å². The van der Waals surface area contributed by atoms with Crippen LogP contribution < -0.4 is 4.90 Å². The highest BCUT2D eigenvalue weighted by Gasteiger charge is 2.26. The second-order valence-corrected chi connectivity index (χ2v) is 9.23. The molecule has 26 heavy (non-hydrogen) atoms. The van der Waals surface area contributed by atoms with Gasteiger partial charge in [0, 0.05) is 31.9 Å². The van der Waals surface area contributed by atoms with E-state index in [1.165, 1.54) is 22.4 Å². The average Bonchev–Trinajstić information content (AvgIpc) is 2.62. The lowest BCUT2D eigenvalue weighted by Crippen LogP contribution is -2.49. The van der Waals surface area contributed by atoms with E-state index in [9.17, 15) is 8.42 Å². The van der Waals surface area contributed by atoms with E-state index in [-0.39, 0.29) is 5.75 Å². The monoisotopic (exact) mass is 372 g/mol. The minimum absolute atomic E-state index is 0.228. The first-order valence-electron chi connectivity index (χ1n) is 9.29. The molecule has 2 aromatic rings. The molecular weight excluding hydrogens is 344 g/mol. The van der Waals surface area contributed by atoms with Crippen molar-refractivity contribution in [3.63, 3.8) is 0 Å². The van der Waals surface area contributed by atoms with E-state index >= 15 is 0 Å². The van der Waals surface area contributed by atoms with Crippen LogP contribution in [0, 0.1) is 13.8 Å². The van der Waals surface area contributed by atoms with Crippen molar-refractivity contribution in [2.45, 2.75) is 26.7 Å². The maximum absolute atomic E-state index is 12.6. The molecule has 140 valence electrons. The lowest BCUT2D eigenvalue weighted by Gasteiger charge is -2.35. The summed E-state index contributed by atoms with van der Waals surface area (Å²) < 4.78 is 26.9. The summed E-state index contributed by atoms with van der Waals surface area (Å²) in [5.74, 6) is 0.228. The van der Waals surface area contributed by atoms with E-state index in [2.05, 4.69) is 49.1 Å². The zero-order valence-corrected chi connectivity index (χ0v) is 16.5. The molecule has 1 heterocycles. The van der Waals surface area contributed by atoms with Gasteiger partial charge in [-0.25, -0.2) is 8.42 Å². The number of sulfonamides is 1. The lowest BCUT2D eigenvalue weighted by atomic mass is 10.1. The molecule has 1 aliphatic heterocycles. The Bertz CT molecular complexity index is 806. The summed E-state index contributed by atoms with van der Waals surface area (Å²) >= 11 is 0. The maximum Gasteiger partial charge on any atom is 0.214 e. The molecule has 0 aromatic heterocycles. The minimum Gasteiger partial charge on any atom is -0.369 e.